The number of aliphatic carboxylic acids is 1. The molecule has 1 aliphatic rings. The number of carboxylic acids is 1. The van der Waals surface area contributed by atoms with E-state index in [2.05, 4.69) is 0 Å². The fourth-order valence-electron chi connectivity index (χ4n) is 2.68. The Balaban J connectivity index is 2.22. The van der Waals surface area contributed by atoms with Crippen molar-refractivity contribution >= 4 is 46.7 Å². The molecule has 1 saturated heterocycles. The van der Waals surface area contributed by atoms with Crippen LogP contribution >= 0.6 is 34.8 Å². The molecule has 1 amide bonds. The molecule has 2 unspecified atom stereocenters. The Morgan fingerprint density at radius 1 is 1.23 bits per heavy atom. The fourth-order valence-corrected chi connectivity index (χ4v) is 3.63. The van der Waals surface area contributed by atoms with Crippen LogP contribution in [-0.2, 0) is 16.0 Å². The maximum atomic E-state index is 12.5. The lowest BCUT2D eigenvalue weighted by atomic mass is 9.93. The Hall–Kier alpha value is -0.970. The van der Waals surface area contributed by atoms with Crippen molar-refractivity contribution in [2.24, 2.45) is 5.92 Å². The second kappa shape index (κ2) is 7.07. The van der Waals surface area contributed by atoms with Crippen LogP contribution in [-0.4, -0.2) is 34.5 Å². The van der Waals surface area contributed by atoms with Gasteiger partial charge in [-0.25, -0.2) is 4.79 Å². The average molecular weight is 365 g/mol. The Bertz CT molecular complexity index is 583. The van der Waals surface area contributed by atoms with E-state index in [1.807, 2.05) is 6.92 Å². The minimum Gasteiger partial charge on any atom is -0.480 e. The van der Waals surface area contributed by atoms with Gasteiger partial charge in [0.05, 0.1) is 6.42 Å². The van der Waals surface area contributed by atoms with E-state index in [9.17, 15) is 14.7 Å². The van der Waals surface area contributed by atoms with E-state index < -0.39 is 12.0 Å². The number of likely N-dealkylation sites (tertiary alicyclic amines) is 1. The van der Waals surface area contributed by atoms with Crippen LogP contribution < -0.4 is 0 Å². The molecule has 0 radical (unpaired) electrons. The number of rotatable bonds is 3. The molecular formula is C15H16Cl3NO3. The van der Waals surface area contributed by atoms with Gasteiger partial charge in [0.2, 0.25) is 5.91 Å². The van der Waals surface area contributed by atoms with Gasteiger partial charge >= 0.3 is 5.97 Å². The van der Waals surface area contributed by atoms with Gasteiger partial charge in [-0.15, -0.1) is 0 Å². The van der Waals surface area contributed by atoms with Crippen molar-refractivity contribution in [2.45, 2.75) is 32.2 Å². The third-order valence-corrected chi connectivity index (χ3v) is 4.75. The third kappa shape index (κ3) is 3.86. The molecule has 1 heterocycles. The normalized spacial score (nSPS) is 21.7. The predicted octanol–water partition coefficient (Wildman–Crippen LogP) is 3.90. The molecule has 1 aliphatic heterocycles. The zero-order valence-electron chi connectivity index (χ0n) is 12.0. The zero-order valence-corrected chi connectivity index (χ0v) is 14.3. The number of benzene rings is 1. The summed E-state index contributed by atoms with van der Waals surface area (Å²) >= 11 is 18.0. The second-order valence-corrected chi connectivity index (χ2v) is 6.86. The van der Waals surface area contributed by atoms with Gasteiger partial charge in [0.15, 0.2) is 0 Å². The number of carbonyl (C=O) groups is 2. The topological polar surface area (TPSA) is 57.6 Å². The molecule has 1 aromatic rings. The van der Waals surface area contributed by atoms with E-state index in [1.54, 1.807) is 0 Å². The number of nitrogens with zero attached hydrogens (tertiary/aromatic N) is 1. The van der Waals surface area contributed by atoms with Crippen LogP contribution in [0, 0.1) is 5.92 Å². The Morgan fingerprint density at radius 3 is 2.36 bits per heavy atom. The number of piperidine rings is 1. The van der Waals surface area contributed by atoms with E-state index in [1.165, 1.54) is 17.0 Å². The quantitative estimate of drug-likeness (QED) is 0.885. The number of hydrogen-bond acceptors (Lipinski definition) is 2. The lowest BCUT2D eigenvalue weighted by molar-refractivity contribution is -0.152. The first-order chi connectivity index (χ1) is 10.3. The van der Waals surface area contributed by atoms with Crippen molar-refractivity contribution in [3.05, 3.63) is 32.8 Å². The highest BCUT2D eigenvalue weighted by Crippen LogP contribution is 2.31. The molecular weight excluding hydrogens is 349 g/mol. The van der Waals surface area contributed by atoms with E-state index in [0.29, 0.717) is 33.6 Å². The van der Waals surface area contributed by atoms with Gasteiger partial charge in [-0.05, 0) is 36.5 Å². The van der Waals surface area contributed by atoms with E-state index in [0.717, 1.165) is 6.42 Å². The number of halogens is 3. The molecule has 0 bridgehead atoms. The standard InChI is InChI=1S/C15H16Cl3NO3/c1-8-2-3-13(15(21)22)19(7-8)14(20)6-10-11(17)4-9(16)5-12(10)18/h4-5,8,13H,2-3,6-7H2,1H3,(H,21,22). The molecule has 0 spiro atoms. The number of carboxylic acid groups (broad SMARTS) is 1. The summed E-state index contributed by atoms with van der Waals surface area (Å²) < 4.78 is 0. The zero-order chi connectivity index (χ0) is 16.4. The van der Waals surface area contributed by atoms with Crippen molar-refractivity contribution in [3.63, 3.8) is 0 Å². The predicted molar refractivity (Wildman–Crippen MR) is 86.7 cm³/mol. The second-order valence-electron chi connectivity index (χ2n) is 5.61. The summed E-state index contributed by atoms with van der Waals surface area (Å²) in [6.45, 7) is 2.43. The first kappa shape index (κ1) is 17.4. The van der Waals surface area contributed by atoms with E-state index in [-0.39, 0.29) is 18.2 Å². The van der Waals surface area contributed by atoms with Crippen LogP contribution in [0.3, 0.4) is 0 Å². The third-order valence-electron chi connectivity index (χ3n) is 3.86. The van der Waals surface area contributed by atoms with E-state index >= 15 is 0 Å². The van der Waals surface area contributed by atoms with E-state index in [4.69, 9.17) is 34.8 Å². The van der Waals surface area contributed by atoms with Gasteiger partial charge in [0.1, 0.15) is 6.04 Å². The average Bonchev–Trinajstić information content (AvgIpc) is 2.42. The van der Waals surface area contributed by atoms with Gasteiger partial charge in [-0.3, -0.25) is 4.79 Å². The first-order valence-electron chi connectivity index (χ1n) is 6.95. The minimum atomic E-state index is -0.978. The highest BCUT2D eigenvalue weighted by molar-refractivity contribution is 6.39. The van der Waals surface area contributed by atoms with Gasteiger partial charge in [0.25, 0.3) is 0 Å². The van der Waals surface area contributed by atoms with Crippen LogP contribution in [0.1, 0.15) is 25.3 Å². The van der Waals surface area contributed by atoms with Gasteiger partial charge in [-0.1, -0.05) is 41.7 Å². The van der Waals surface area contributed by atoms with Crippen LogP contribution in [0.2, 0.25) is 15.1 Å². The SMILES string of the molecule is CC1CCC(C(=O)O)N(C(=O)Cc2c(Cl)cc(Cl)cc2Cl)C1. The lowest BCUT2D eigenvalue weighted by Gasteiger charge is -2.36. The number of carbonyl (C=O) groups excluding carboxylic acids is 1. The molecule has 1 fully saturated rings. The molecule has 7 heteroatoms. The fraction of sp³-hybridized carbons (Fsp3) is 0.467. The lowest BCUT2D eigenvalue weighted by Crippen LogP contribution is -2.50. The highest BCUT2D eigenvalue weighted by atomic mass is 35.5. The summed E-state index contributed by atoms with van der Waals surface area (Å²) in [6.07, 6.45) is 1.22. The summed E-state index contributed by atoms with van der Waals surface area (Å²) in [4.78, 5) is 25.3. The summed E-state index contributed by atoms with van der Waals surface area (Å²) in [5.41, 5.74) is 0.472. The van der Waals surface area contributed by atoms with Crippen molar-refractivity contribution in [1.82, 2.24) is 4.90 Å². The molecule has 2 rings (SSSR count). The molecule has 0 aromatic heterocycles. The van der Waals surface area contributed by atoms with Crippen molar-refractivity contribution in [3.8, 4) is 0 Å². The minimum absolute atomic E-state index is 0.0364. The molecule has 2 atom stereocenters. The summed E-state index contributed by atoms with van der Waals surface area (Å²) in [5, 5.41) is 10.3. The molecule has 1 aromatic carbocycles. The Kier molecular flexibility index (Phi) is 5.59. The largest absolute Gasteiger partial charge is 0.480 e. The molecule has 1 N–H and O–H groups in total. The molecule has 120 valence electrons. The Morgan fingerprint density at radius 2 is 1.82 bits per heavy atom. The van der Waals surface area contributed by atoms with Gasteiger partial charge in [0, 0.05) is 21.6 Å². The van der Waals surface area contributed by atoms with Crippen LogP contribution in [0.4, 0.5) is 0 Å². The monoisotopic (exact) mass is 363 g/mol. The molecule has 0 aliphatic carbocycles. The summed E-state index contributed by atoms with van der Waals surface area (Å²) in [7, 11) is 0. The smallest absolute Gasteiger partial charge is 0.326 e. The Labute approximate surface area is 143 Å². The van der Waals surface area contributed by atoms with Crippen LogP contribution in [0.5, 0.6) is 0 Å². The molecule has 22 heavy (non-hydrogen) atoms. The maximum Gasteiger partial charge on any atom is 0.326 e. The number of amides is 1. The van der Waals surface area contributed by atoms with Crippen molar-refractivity contribution < 1.29 is 14.7 Å². The summed E-state index contributed by atoms with van der Waals surface area (Å²) in [5.74, 6) is -0.991. The molecule has 0 saturated carbocycles. The molecule has 4 nitrogen and oxygen atoms in total. The van der Waals surface area contributed by atoms with Gasteiger partial charge in [-0.2, -0.15) is 0 Å². The van der Waals surface area contributed by atoms with Gasteiger partial charge < -0.3 is 10.0 Å². The van der Waals surface area contributed by atoms with Crippen LogP contribution in [0.25, 0.3) is 0 Å². The maximum absolute atomic E-state index is 12.5. The first-order valence-corrected chi connectivity index (χ1v) is 8.08. The number of hydrogen-bond donors (Lipinski definition) is 1. The van der Waals surface area contributed by atoms with Crippen molar-refractivity contribution in [2.75, 3.05) is 6.54 Å². The summed E-state index contributed by atoms with van der Waals surface area (Å²) in [6, 6.07) is 2.25. The van der Waals surface area contributed by atoms with Crippen LogP contribution in [0.15, 0.2) is 12.1 Å². The highest BCUT2D eigenvalue weighted by Gasteiger charge is 2.34. The van der Waals surface area contributed by atoms with Crippen molar-refractivity contribution in [1.29, 1.82) is 0 Å².